The largest absolute Gasteiger partial charge is 0.359 e. The first kappa shape index (κ1) is 10.9. The second kappa shape index (κ2) is 4.13. The molecule has 1 aliphatic rings. The molecule has 1 aliphatic heterocycles. The van der Waals surface area contributed by atoms with Crippen LogP contribution in [0.25, 0.3) is 0 Å². The predicted octanol–water partition coefficient (Wildman–Crippen LogP) is 1.53. The smallest absolute Gasteiger partial charge is 0.258 e. The van der Waals surface area contributed by atoms with Gasteiger partial charge in [0.15, 0.2) is 17.5 Å². The molecule has 2 rings (SSSR count). The molecule has 1 heterocycles. The number of hydrogen-bond acceptors (Lipinski definition) is 2. The van der Waals surface area contributed by atoms with Crippen molar-refractivity contribution in [2.45, 2.75) is 0 Å². The Bertz CT molecular complexity index is 430. The lowest BCUT2D eigenvalue weighted by molar-refractivity contribution is 0.0689. The van der Waals surface area contributed by atoms with Crippen LogP contribution in [0.15, 0.2) is 12.1 Å². The van der Waals surface area contributed by atoms with Crippen molar-refractivity contribution in [3.63, 3.8) is 0 Å². The van der Waals surface area contributed by atoms with E-state index in [1.54, 1.807) is 0 Å². The van der Waals surface area contributed by atoms with Crippen LogP contribution in [0.1, 0.15) is 10.4 Å². The first-order valence-electron chi connectivity index (χ1n) is 4.62. The van der Waals surface area contributed by atoms with E-state index in [0.29, 0.717) is 13.2 Å². The maximum absolute atomic E-state index is 13.3. The van der Waals surface area contributed by atoms with E-state index < -0.39 is 28.9 Å². The van der Waals surface area contributed by atoms with Gasteiger partial charge in [-0.1, -0.05) is 0 Å². The van der Waals surface area contributed by atoms with Crippen molar-refractivity contribution in [1.29, 1.82) is 0 Å². The standard InChI is InChI=1S/C10H8F3NO2/c11-7-2-1-6(8(12)9(7)13)10(15)14-3-4-16-5-14/h1-2H,3-5H2. The molecule has 16 heavy (non-hydrogen) atoms. The minimum Gasteiger partial charge on any atom is -0.359 e. The second-order valence-corrected chi connectivity index (χ2v) is 3.33. The molecule has 0 radical (unpaired) electrons. The number of ether oxygens (including phenoxy) is 1. The van der Waals surface area contributed by atoms with Crippen molar-refractivity contribution >= 4 is 5.91 Å². The third-order valence-corrected chi connectivity index (χ3v) is 2.31. The van der Waals surface area contributed by atoms with Crippen LogP contribution in [0.3, 0.4) is 0 Å². The molecule has 1 fully saturated rings. The van der Waals surface area contributed by atoms with E-state index in [1.165, 1.54) is 4.90 Å². The molecule has 0 N–H and O–H groups in total. The fourth-order valence-corrected chi connectivity index (χ4v) is 1.44. The van der Waals surface area contributed by atoms with Crippen molar-refractivity contribution in [3.05, 3.63) is 35.1 Å². The molecule has 0 atom stereocenters. The summed E-state index contributed by atoms with van der Waals surface area (Å²) in [6.07, 6.45) is 0. The summed E-state index contributed by atoms with van der Waals surface area (Å²) < 4.78 is 43.7. The highest BCUT2D eigenvalue weighted by atomic mass is 19.2. The van der Waals surface area contributed by atoms with Crippen molar-refractivity contribution < 1.29 is 22.7 Å². The molecule has 3 nitrogen and oxygen atoms in total. The highest BCUT2D eigenvalue weighted by Crippen LogP contribution is 2.17. The summed E-state index contributed by atoms with van der Waals surface area (Å²) in [5.41, 5.74) is -0.482. The van der Waals surface area contributed by atoms with Crippen LogP contribution in [-0.4, -0.2) is 30.7 Å². The third-order valence-electron chi connectivity index (χ3n) is 2.31. The van der Waals surface area contributed by atoms with Gasteiger partial charge in [-0.3, -0.25) is 4.79 Å². The van der Waals surface area contributed by atoms with Crippen LogP contribution in [0, 0.1) is 17.5 Å². The SMILES string of the molecule is O=C(c1ccc(F)c(F)c1F)N1CCOC1. The average molecular weight is 231 g/mol. The molecule has 0 bridgehead atoms. The van der Waals surface area contributed by atoms with Crippen LogP contribution in [0.4, 0.5) is 13.2 Å². The summed E-state index contributed by atoms with van der Waals surface area (Å²) in [4.78, 5) is 12.9. The number of rotatable bonds is 1. The van der Waals surface area contributed by atoms with Gasteiger partial charge in [-0.05, 0) is 12.1 Å². The summed E-state index contributed by atoms with van der Waals surface area (Å²) in [7, 11) is 0. The molecule has 0 aliphatic carbocycles. The van der Waals surface area contributed by atoms with Crippen molar-refractivity contribution in [3.8, 4) is 0 Å². The Labute approximate surface area is 89.4 Å². The normalized spacial score (nSPS) is 15.6. The summed E-state index contributed by atoms with van der Waals surface area (Å²) in [5.74, 6) is -5.11. The van der Waals surface area contributed by atoms with E-state index in [9.17, 15) is 18.0 Å². The van der Waals surface area contributed by atoms with Crippen LogP contribution >= 0.6 is 0 Å². The number of carbonyl (C=O) groups is 1. The lowest BCUT2D eigenvalue weighted by Crippen LogP contribution is -2.29. The highest BCUT2D eigenvalue weighted by Gasteiger charge is 2.25. The molecule has 1 saturated heterocycles. The van der Waals surface area contributed by atoms with Crippen LogP contribution in [0.5, 0.6) is 0 Å². The molecule has 0 aromatic heterocycles. The zero-order chi connectivity index (χ0) is 11.7. The first-order valence-corrected chi connectivity index (χ1v) is 4.62. The zero-order valence-corrected chi connectivity index (χ0v) is 8.17. The molecule has 1 amide bonds. The van der Waals surface area contributed by atoms with Crippen LogP contribution < -0.4 is 0 Å². The zero-order valence-electron chi connectivity index (χ0n) is 8.17. The number of nitrogens with zero attached hydrogens (tertiary/aromatic N) is 1. The van der Waals surface area contributed by atoms with Gasteiger partial charge in [0, 0.05) is 6.54 Å². The van der Waals surface area contributed by atoms with Crippen molar-refractivity contribution in [2.75, 3.05) is 19.9 Å². The van der Waals surface area contributed by atoms with Gasteiger partial charge >= 0.3 is 0 Å². The van der Waals surface area contributed by atoms with Crippen LogP contribution in [-0.2, 0) is 4.74 Å². The first-order chi connectivity index (χ1) is 7.61. The molecule has 1 aromatic carbocycles. The number of halogens is 3. The Morgan fingerprint density at radius 1 is 1.25 bits per heavy atom. The minimum absolute atomic E-state index is 0.0390. The minimum atomic E-state index is -1.63. The van der Waals surface area contributed by atoms with Gasteiger partial charge < -0.3 is 9.64 Å². The number of amides is 1. The molecule has 0 unspecified atom stereocenters. The number of carbonyl (C=O) groups excluding carboxylic acids is 1. The average Bonchev–Trinajstić information content (AvgIpc) is 2.79. The molecular formula is C10H8F3NO2. The predicted molar refractivity (Wildman–Crippen MR) is 48.2 cm³/mol. The molecule has 0 spiro atoms. The quantitative estimate of drug-likeness (QED) is 0.686. The number of benzene rings is 1. The monoisotopic (exact) mass is 231 g/mol. The fourth-order valence-electron chi connectivity index (χ4n) is 1.44. The Hall–Kier alpha value is -1.56. The Morgan fingerprint density at radius 2 is 2.00 bits per heavy atom. The van der Waals surface area contributed by atoms with E-state index in [1.807, 2.05) is 0 Å². The lowest BCUT2D eigenvalue weighted by atomic mass is 10.1. The Balaban J connectivity index is 2.33. The summed E-state index contributed by atoms with van der Waals surface area (Å²) >= 11 is 0. The van der Waals surface area contributed by atoms with Crippen LogP contribution in [0.2, 0.25) is 0 Å². The van der Waals surface area contributed by atoms with E-state index in [0.717, 1.165) is 12.1 Å². The van der Waals surface area contributed by atoms with Gasteiger partial charge in [-0.25, -0.2) is 13.2 Å². The van der Waals surface area contributed by atoms with Gasteiger partial charge in [0.25, 0.3) is 5.91 Å². The maximum atomic E-state index is 13.3. The Kier molecular flexibility index (Phi) is 2.82. The van der Waals surface area contributed by atoms with E-state index >= 15 is 0 Å². The van der Waals surface area contributed by atoms with Gasteiger partial charge in [-0.15, -0.1) is 0 Å². The van der Waals surface area contributed by atoms with E-state index in [-0.39, 0.29) is 6.73 Å². The van der Waals surface area contributed by atoms with Gasteiger partial charge in [0.05, 0.1) is 12.2 Å². The molecular weight excluding hydrogens is 223 g/mol. The maximum Gasteiger partial charge on any atom is 0.258 e. The van der Waals surface area contributed by atoms with Gasteiger partial charge in [0.1, 0.15) is 6.73 Å². The van der Waals surface area contributed by atoms with E-state index in [2.05, 4.69) is 0 Å². The summed E-state index contributed by atoms with van der Waals surface area (Å²) in [6.45, 7) is 0.714. The third kappa shape index (κ3) is 1.76. The van der Waals surface area contributed by atoms with Gasteiger partial charge in [-0.2, -0.15) is 0 Å². The molecule has 0 saturated carbocycles. The molecule has 1 aromatic rings. The molecule has 86 valence electrons. The summed E-state index contributed by atoms with van der Waals surface area (Å²) in [5, 5.41) is 0. The number of hydrogen-bond donors (Lipinski definition) is 0. The Morgan fingerprint density at radius 3 is 2.62 bits per heavy atom. The van der Waals surface area contributed by atoms with Crippen molar-refractivity contribution in [2.24, 2.45) is 0 Å². The van der Waals surface area contributed by atoms with E-state index in [4.69, 9.17) is 4.74 Å². The lowest BCUT2D eigenvalue weighted by Gasteiger charge is -2.13. The topological polar surface area (TPSA) is 29.5 Å². The van der Waals surface area contributed by atoms with Crippen molar-refractivity contribution in [1.82, 2.24) is 4.90 Å². The fraction of sp³-hybridized carbons (Fsp3) is 0.300. The summed E-state index contributed by atoms with van der Waals surface area (Å²) in [6, 6.07) is 1.65. The highest BCUT2D eigenvalue weighted by molar-refractivity contribution is 5.94. The molecule has 6 heteroatoms. The van der Waals surface area contributed by atoms with Gasteiger partial charge in [0.2, 0.25) is 0 Å². The second-order valence-electron chi connectivity index (χ2n) is 3.33.